The van der Waals surface area contributed by atoms with E-state index < -0.39 is 23.9 Å². The summed E-state index contributed by atoms with van der Waals surface area (Å²) in [7, 11) is 0. The Morgan fingerprint density at radius 2 is 1.76 bits per heavy atom. The van der Waals surface area contributed by atoms with Gasteiger partial charge in [-0.25, -0.2) is 14.6 Å². The lowest BCUT2D eigenvalue weighted by molar-refractivity contribution is -0.141. The first kappa shape index (κ1) is 25.3. The molecule has 0 spiro atoms. The van der Waals surface area contributed by atoms with E-state index >= 15 is 0 Å². The molecule has 1 aliphatic heterocycles. The zero-order chi connectivity index (χ0) is 26.9. The number of carbonyl (C=O) groups is 2. The smallest absolute Gasteiger partial charge is 0.433 e. The van der Waals surface area contributed by atoms with Crippen LogP contribution in [0.2, 0.25) is 0 Å². The number of rotatable bonds is 5. The van der Waals surface area contributed by atoms with Gasteiger partial charge >= 0.3 is 18.2 Å². The number of piperidine rings is 1. The lowest BCUT2D eigenvalue weighted by atomic mass is 10.0. The number of hydrogen-bond donors (Lipinski definition) is 2. The van der Waals surface area contributed by atoms with E-state index in [2.05, 4.69) is 25.3 Å². The quantitative estimate of drug-likeness (QED) is 0.365. The number of alkyl halides is 3. The number of pyridine rings is 2. The third kappa shape index (κ3) is 5.35. The number of aromatic nitrogens is 4. The van der Waals surface area contributed by atoms with Gasteiger partial charge in [-0.3, -0.25) is 9.88 Å². The maximum absolute atomic E-state index is 12.9. The van der Waals surface area contributed by atoms with E-state index in [4.69, 9.17) is 0 Å². The van der Waals surface area contributed by atoms with Crippen molar-refractivity contribution in [2.75, 3.05) is 18.4 Å². The molecule has 0 bridgehead atoms. The van der Waals surface area contributed by atoms with Crippen LogP contribution in [0.5, 0.6) is 0 Å². The molecule has 9 nitrogen and oxygen atoms in total. The Balaban J connectivity index is 1.43. The summed E-state index contributed by atoms with van der Waals surface area (Å²) in [5, 5.41) is 16.3. The lowest BCUT2D eigenvalue weighted by Crippen LogP contribution is -2.29. The number of nitrogens with zero attached hydrogens (tertiary/aromatic N) is 5. The highest BCUT2D eigenvalue weighted by Crippen LogP contribution is 2.29. The minimum Gasteiger partial charge on any atom is -0.476 e. The van der Waals surface area contributed by atoms with Crippen molar-refractivity contribution in [2.24, 2.45) is 0 Å². The van der Waals surface area contributed by atoms with Crippen molar-refractivity contribution in [1.82, 2.24) is 24.6 Å². The van der Waals surface area contributed by atoms with Gasteiger partial charge in [-0.15, -0.1) is 0 Å². The minimum atomic E-state index is -4.61. The number of carboxylic acids is 1. The Labute approximate surface area is 214 Å². The van der Waals surface area contributed by atoms with Gasteiger partial charge in [-0.1, -0.05) is 12.5 Å². The number of aromatic carboxylic acids is 1. The molecule has 196 valence electrons. The fraction of sp³-hybridized carbons (Fsp3) is 0.269. The Morgan fingerprint density at radius 3 is 2.45 bits per heavy atom. The molecular formula is C26H23F3N6O3. The molecule has 0 aliphatic carbocycles. The van der Waals surface area contributed by atoms with Crippen LogP contribution in [-0.4, -0.2) is 54.8 Å². The number of anilines is 1. The molecule has 1 aromatic carbocycles. The van der Waals surface area contributed by atoms with Crippen molar-refractivity contribution >= 4 is 28.6 Å². The number of nitrogens with one attached hydrogen (secondary N) is 1. The van der Waals surface area contributed by atoms with Crippen LogP contribution >= 0.6 is 0 Å². The van der Waals surface area contributed by atoms with Crippen molar-refractivity contribution in [3.8, 4) is 11.1 Å². The Kier molecular flexibility index (Phi) is 6.81. The Hall–Kier alpha value is -4.32. The Bertz CT molecular complexity index is 1490. The number of fused-ring (bicyclic) bond motifs is 1. The molecule has 1 saturated heterocycles. The number of hydrogen-bond acceptors (Lipinski definition) is 6. The molecule has 0 atom stereocenters. The molecule has 12 heteroatoms. The molecule has 5 rings (SSSR count). The van der Waals surface area contributed by atoms with E-state index in [9.17, 15) is 27.9 Å². The predicted octanol–water partition coefficient (Wildman–Crippen LogP) is 5.28. The molecule has 1 amide bonds. The maximum Gasteiger partial charge on any atom is 0.433 e. The second-order valence-corrected chi connectivity index (χ2v) is 9.08. The first-order valence-electron chi connectivity index (χ1n) is 12.0. The third-order valence-corrected chi connectivity index (χ3v) is 6.36. The molecule has 4 heterocycles. The number of halogens is 3. The number of carboxylic acid groups (broad SMARTS) is 1. The van der Waals surface area contributed by atoms with Crippen LogP contribution < -0.4 is 5.32 Å². The van der Waals surface area contributed by atoms with Crippen molar-refractivity contribution in [3.05, 3.63) is 71.9 Å². The van der Waals surface area contributed by atoms with E-state index in [1.165, 1.54) is 19.3 Å². The third-order valence-electron chi connectivity index (χ3n) is 6.36. The van der Waals surface area contributed by atoms with Crippen LogP contribution in [0.3, 0.4) is 0 Å². The van der Waals surface area contributed by atoms with Gasteiger partial charge in [-0.05, 0) is 67.4 Å². The van der Waals surface area contributed by atoms with Crippen LogP contribution in [0.15, 0.2) is 55.0 Å². The minimum absolute atomic E-state index is 0.00302. The molecule has 38 heavy (non-hydrogen) atoms. The molecule has 1 aliphatic rings. The predicted molar refractivity (Wildman–Crippen MR) is 133 cm³/mol. The first-order valence-corrected chi connectivity index (χ1v) is 12.0. The molecule has 0 radical (unpaired) electrons. The number of carbonyl (C=O) groups excluding carboxylic acids is 1. The molecule has 2 N–H and O–H groups in total. The van der Waals surface area contributed by atoms with Gasteiger partial charge in [-0.2, -0.15) is 23.0 Å². The summed E-state index contributed by atoms with van der Waals surface area (Å²) >= 11 is 0. The van der Waals surface area contributed by atoms with Gasteiger partial charge in [0.2, 0.25) is 0 Å². The van der Waals surface area contributed by atoms with Crippen molar-refractivity contribution in [1.29, 1.82) is 0 Å². The zero-order valence-corrected chi connectivity index (χ0v) is 20.1. The largest absolute Gasteiger partial charge is 0.476 e. The average Bonchev–Trinajstić information content (AvgIpc) is 3.29. The maximum atomic E-state index is 12.9. The van der Waals surface area contributed by atoms with Gasteiger partial charge in [0, 0.05) is 29.9 Å². The summed E-state index contributed by atoms with van der Waals surface area (Å²) < 4.78 is 39.1. The number of likely N-dealkylation sites (tertiary alicyclic amines) is 1. The van der Waals surface area contributed by atoms with E-state index in [1.54, 1.807) is 24.4 Å². The van der Waals surface area contributed by atoms with Crippen LogP contribution in [0.4, 0.5) is 23.7 Å². The van der Waals surface area contributed by atoms with E-state index in [-0.39, 0.29) is 22.3 Å². The molecule has 3 aromatic heterocycles. The average molecular weight is 525 g/mol. The fourth-order valence-electron chi connectivity index (χ4n) is 4.53. The molecule has 1 fully saturated rings. The zero-order valence-electron chi connectivity index (χ0n) is 20.1. The standard InChI is InChI=1S/C26H23F3N6O3/c27-26(28,29)22-7-5-19(14-31-22)32-25(38)35-21-6-4-17(11-20(21)23(33-35)24(36)37)18-10-16(12-30-13-18)15-34-8-2-1-3-9-34/h4-7,10-14H,1-3,8-9,15H2,(H,32,38)(H,36,37). The SMILES string of the molecule is O=C(O)c1nn(C(=O)Nc2ccc(C(F)(F)F)nc2)c2ccc(-c3cncc(CN4CCCCC4)c3)cc12. The van der Waals surface area contributed by atoms with Crippen LogP contribution in [0.25, 0.3) is 22.0 Å². The summed E-state index contributed by atoms with van der Waals surface area (Å²) in [6.45, 7) is 2.87. The summed E-state index contributed by atoms with van der Waals surface area (Å²) in [6, 6.07) is 7.91. The van der Waals surface area contributed by atoms with Crippen LogP contribution in [-0.2, 0) is 12.7 Å². The normalized spacial score (nSPS) is 14.5. The summed E-state index contributed by atoms with van der Waals surface area (Å²) in [5.41, 5.74) is 1.33. The second-order valence-electron chi connectivity index (χ2n) is 9.08. The summed E-state index contributed by atoms with van der Waals surface area (Å²) in [4.78, 5) is 34.8. The highest BCUT2D eigenvalue weighted by Gasteiger charge is 2.32. The number of amides is 1. The van der Waals surface area contributed by atoms with E-state index in [0.29, 0.717) is 5.56 Å². The summed E-state index contributed by atoms with van der Waals surface area (Å²) in [6.07, 6.45) is 3.36. The number of benzene rings is 1. The summed E-state index contributed by atoms with van der Waals surface area (Å²) in [5.74, 6) is -1.33. The Morgan fingerprint density at radius 1 is 0.974 bits per heavy atom. The monoisotopic (exact) mass is 524 g/mol. The highest BCUT2D eigenvalue weighted by atomic mass is 19.4. The molecule has 0 unspecified atom stereocenters. The van der Waals surface area contributed by atoms with Crippen molar-refractivity contribution in [2.45, 2.75) is 32.0 Å². The van der Waals surface area contributed by atoms with Gasteiger partial charge in [0.25, 0.3) is 0 Å². The first-order chi connectivity index (χ1) is 18.2. The fourth-order valence-corrected chi connectivity index (χ4v) is 4.53. The highest BCUT2D eigenvalue weighted by molar-refractivity contribution is 6.06. The van der Waals surface area contributed by atoms with Crippen molar-refractivity contribution < 1.29 is 27.9 Å². The van der Waals surface area contributed by atoms with E-state index in [1.807, 2.05) is 12.3 Å². The van der Waals surface area contributed by atoms with Gasteiger partial charge in [0.15, 0.2) is 5.69 Å². The van der Waals surface area contributed by atoms with E-state index in [0.717, 1.165) is 53.8 Å². The van der Waals surface area contributed by atoms with Gasteiger partial charge < -0.3 is 10.4 Å². The lowest BCUT2D eigenvalue weighted by Gasteiger charge is -2.26. The molecule has 0 saturated carbocycles. The topological polar surface area (TPSA) is 113 Å². The van der Waals surface area contributed by atoms with Gasteiger partial charge in [0.05, 0.1) is 17.4 Å². The van der Waals surface area contributed by atoms with Crippen LogP contribution in [0, 0.1) is 0 Å². The van der Waals surface area contributed by atoms with Crippen LogP contribution in [0.1, 0.15) is 41.0 Å². The molecular weight excluding hydrogens is 501 g/mol. The molecule has 4 aromatic rings. The second kappa shape index (κ2) is 10.2. The van der Waals surface area contributed by atoms with Gasteiger partial charge in [0.1, 0.15) is 5.69 Å². The van der Waals surface area contributed by atoms with Crippen molar-refractivity contribution in [3.63, 3.8) is 0 Å².